The number of ether oxygens (including phenoxy) is 2. The second-order valence-corrected chi connectivity index (χ2v) is 5.16. The summed E-state index contributed by atoms with van der Waals surface area (Å²) in [6.07, 6.45) is 0.146. The van der Waals surface area contributed by atoms with Crippen LogP contribution in [0.1, 0.15) is 12.5 Å². The van der Waals surface area contributed by atoms with Gasteiger partial charge in [-0.2, -0.15) is 5.26 Å². The number of methoxy groups -OCH3 is 1. The average Bonchev–Trinajstić information content (AvgIpc) is 2.53. The molecule has 1 aromatic carbocycles. The number of morpholine rings is 1. The van der Waals surface area contributed by atoms with E-state index in [-0.39, 0.29) is 6.10 Å². The summed E-state index contributed by atoms with van der Waals surface area (Å²) in [6.45, 7) is 4.19. The Hall–Kier alpha value is -2.32. The third kappa shape index (κ3) is 2.63. The van der Waals surface area contributed by atoms with Gasteiger partial charge < -0.3 is 14.4 Å². The topological polar surface area (TPSA) is 58.4 Å². The molecule has 21 heavy (non-hydrogen) atoms. The zero-order valence-electron chi connectivity index (χ0n) is 12.2. The number of hydrogen-bond donors (Lipinski definition) is 0. The number of fused-ring (bicyclic) bond motifs is 1. The predicted molar refractivity (Wildman–Crippen MR) is 80.6 cm³/mol. The van der Waals surface area contributed by atoms with Crippen molar-refractivity contribution in [1.82, 2.24) is 4.98 Å². The molecule has 5 nitrogen and oxygen atoms in total. The summed E-state index contributed by atoms with van der Waals surface area (Å²) in [5.74, 6) is 1.49. The van der Waals surface area contributed by atoms with Gasteiger partial charge in [0.1, 0.15) is 17.6 Å². The fraction of sp³-hybridized carbons (Fsp3) is 0.375. The lowest BCUT2D eigenvalue weighted by Gasteiger charge is -2.32. The molecule has 0 amide bonds. The van der Waals surface area contributed by atoms with Gasteiger partial charge in [-0.05, 0) is 25.1 Å². The minimum Gasteiger partial charge on any atom is -0.497 e. The highest BCUT2D eigenvalue weighted by Crippen LogP contribution is 2.27. The minimum absolute atomic E-state index is 0.146. The Kier molecular flexibility index (Phi) is 3.63. The SMILES string of the molecule is COc1ccc2cc(C#N)c(N3CCO[C@H](C)C3)nc2c1. The predicted octanol–water partition coefficient (Wildman–Crippen LogP) is 2.34. The third-order valence-corrected chi connectivity index (χ3v) is 3.67. The van der Waals surface area contributed by atoms with Crippen molar-refractivity contribution in [3.63, 3.8) is 0 Å². The van der Waals surface area contributed by atoms with Crippen LogP contribution >= 0.6 is 0 Å². The second kappa shape index (κ2) is 5.58. The standard InChI is InChI=1S/C16H17N3O2/c1-11-10-19(5-6-21-11)16-13(9-17)7-12-3-4-14(20-2)8-15(12)18-16/h3-4,7-8,11H,5-6,10H2,1-2H3/t11-/m1/s1. The summed E-state index contributed by atoms with van der Waals surface area (Å²) >= 11 is 0. The molecule has 5 heteroatoms. The van der Waals surface area contributed by atoms with Gasteiger partial charge in [-0.1, -0.05) is 0 Å². The lowest BCUT2D eigenvalue weighted by molar-refractivity contribution is 0.0529. The molecule has 0 saturated carbocycles. The molecule has 1 aliphatic heterocycles. The number of pyridine rings is 1. The number of rotatable bonds is 2. The summed E-state index contributed by atoms with van der Waals surface area (Å²) in [5, 5.41) is 10.3. The van der Waals surface area contributed by atoms with E-state index in [9.17, 15) is 5.26 Å². The first-order chi connectivity index (χ1) is 10.2. The van der Waals surface area contributed by atoms with Crippen molar-refractivity contribution in [1.29, 1.82) is 5.26 Å². The number of aromatic nitrogens is 1. The molecule has 0 bridgehead atoms. The van der Waals surface area contributed by atoms with E-state index < -0.39 is 0 Å². The highest BCUT2D eigenvalue weighted by Gasteiger charge is 2.21. The largest absolute Gasteiger partial charge is 0.497 e. The normalized spacial score (nSPS) is 18.5. The van der Waals surface area contributed by atoms with Crippen LogP contribution in [0.2, 0.25) is 0 Å². The third-order valence-electron chi connectivity index (χ3n) is 3.67. The second-order valence-electron chi connectivity index (χ2n) is 5.16. The first kappa shape index (κ1) is 13.7. The Labute approximate surface area is 123 Å². The van der Waals surface area contributed by atoms with E-state index in [0.29, 0.717) is 12.2 Å². The van der Waals surface area contributed by atoms with Gasteiger partial charge in [0.05, 0.1) is 30.9 Å². The Balaban J connectivity index is 2.09. The maximum absolute atomic E-state index is 9.40. The van der Waals surface area contributed by atoms with Crippen molar-refractivity contribution in [2.75, 3.05) is 31.7 Å². The van der Waals surface area contributed by atoms with Crippen LogP contribution in [-0.4, -0.2) is 37.9 Å². The molecule has 0 aliphatic carbocycles. The molecule has 0 spiro atoms. The zero-order chi connectivity index (χ0) is 14.8. The molecule has 0 N–H and O–H groups in total. The molecule has 1 aliphatic rings. The molecule has 2 heterocycles. The van der Waals surface area contributed by atoms with Crippen LogP contribution in [0.4, 0.5) is 5.82 Å². The molecule has 1 saturated heterocycles. The van der Waals surface area contributed by atoms with Gasteiger partial charge in [0, 0.05) is 24.5 Å². The van der Waals surface area contributed by atoms with Crippen molar-refractivity contribution in [2.24, 2.45) is 0 Å². The Bertz CT molecular complexity index is 708. The fourth-order valence-corrected chi connectivity index (χ4v) is 2.60. The lowest BCUT2D eigenvalue weighted by Crippen LogP contribution is -2.41. The Morgan fingerprint density at radius 3 is 3.00 bits per heavy atom. The maximum atomic E-state index is 9.40. The molecule has 0 unspecified atom stereocenters. The van der Waals surface area contributed by atoms with E-state index >= 15 is 0 Å². The highest BCUT2D eigenvalue weighted by molar-refractivity contribution is 5.84. The molecule has 108 valence electrons. The van der Waals surface area contributed by atoms with Crippen LogP contribution in [0.3, 0.4) is 0 Å². The monoisotopic (exact) mass is 283 g/mol. The van der Waals surface area contributed by atoms with Crippen LogP contribution in [-0.2, 0) is 4.74 Å². The first-order valence-electron chi connectivity index (χ1n) is 6.96. The van der Waals surface area contributed by atoms with Gasteiger partial charge in [-0.15, -0.1) is 0 Å². The average molecular weight is 283 g/mol. The minimum atomic E-state index is 0.146. The van der Waals surface area contributed by atoms with E-state index in [1.54, 1.807) is 7.11 Å². The number of nitrogens with zero attached hydrogens (tertiary/aromatic N) is 3. The molecule has 1 atom stereocenters. The van der Waals surface area contributed by atoms with E-state index in [1.165, 1.54) is 0 Å². The maximum Gasteiger partial charge on any atom is 0.147 e. The lowest BCUT2D eigenvalue weighted by atomic mass is 10.1. The Morgan fingerprint density at radius 1 is 1.43 bits per heavy atom. The van der Waals surface area contributed by atoms with E-state index in [1.807, 2.05) is 31.2 Å². The quantitative estimate of drug-likeness (QED) is 0.846. The molecular weight excluding hydrogens is 266 g/mol. The van der Waals surface area contributed by atoms with Crippen molar-refractivity contribution in [2.45, 2.75) is 13.0 Å². The van der Waals surface area contributed by atoms with E-state index in [4.69, 9.17) is 9.47 Å². The number of hydrogen-bond acceptors (Lipinski definition) is 5. The summed E-state index contributed by atoms with van der Waals surface area (Å²) in [4.78, 5) is 6.80. The molecule has 2 aromatic rings. The van der Waals surface area contributed by atoms with Crippen molar-refractivity contribution in [3.05, 3.63) is 29.8 Å². The first-order valence-corrected chi connectivity index (χ1v) is 6.96. The molecule has 0 radical (unpaired) electrons. The van der Waals surface area contributed by atoms with Crippen LogP contribution in [0, 0.1) is 11.3 Å². The smallest absolute Gasteiger partial charge is 0.147 e. The zero-order valence-corrected chi connectivity index (χ0v) is 12.2. The van der Waals surface area contributed by atoms with Crippen molar-refractivity contribution >= 4 is 16.7 Å². The fourth-order valence-electron chi connectivity index (χ4n) is 2.60. The molecular formula is C16H17N3O2. The van der Waals surface area contributed by atoms with Gasteiger partial charge in [-0.3, -0.25) is 0 Å². The highest BCUT2D eigenvalue weighted by atomic mass is 16.5. The van der Waals surface area contributed by atoms with Gasteiger partial charge in [0.25, 0.3) is 0 Å². The van der Waals surface area contributed by atoms with Crippen LogP contribution in [0.5, 0.6) is 5.75 Å². The van der Waals surface area contributed by atoms with E-state index in [0.717, 1.165) is 35.6 Å². The summed E-state index contributed by atoms with van der Waals surface area (Å²) in [5.41, 5.74) is 1.43. The Morgan fingerprint density at radius 2 is 2.29 bits per heavy atom. The number of nitriles is 1. The molecule has 3 rings (SSSR count). The van der Waals surface area contributed by atoms with Crippen LogP contribution in [0.15, 0.2) is 24.3 Å². The van der Waals surface area contributed by atoms with Gasteiger partial charge >= 0.3 is 0 Å². The molecule has 1 fully saturated rings. The summed E-state index contributed by atoms with van der Waals surface area (Å²) in [7, 11) is 1.63. The number of benzene rings is 1. The number of anilines is 1. The van der Waals surface area contributed by atoms with Crippen LogP contribution in [0.25, 0.3) is 10.9 Å². The van der Waals surface area contributed by atoms with Crippen LogP contribution < -0.4 is 9.64 Å². The van der Waals surface area contributed by atoms with Crippen molar-refractivity contribution < 1.29 is 9.47 Å². The summed E-state index contributed by atoms with van der Waals surface area (Å²) in [6, 6.07) is 9.83. The van der Waals surface area contributed by atoms with Gasteiger partial charge in [-0.25, -0.2) is 4.98 Å². The molecule has 1 aromatic heterocycles. The van der Waals surface area contributed by atoms with Gasteiger partial charge in [0.2, 0.25) is 0 Å². The summed E-state index contributed by atoms with van der Waals surface area (Å²) < 4.78 is 10.8. The van der Waals surface area contributed by atoms with Crippen molar-refractivity contribution in [3.8, 4) is 11.8 Å². The van der Waals surface area contributed by atoms with E-state index in [2.05, 4.69) is 16.0 Å². The van der Waals surface area contributed by atoms with Gasteiger partial charge in [0.15, 0.2) is 0 Å².